The molecule has 33 heavy (non-hydrogen) atoms. The summed E-state index contributed by atoms with van der Waals surface area (Å²) in [6, 6.07) is 8.60. The molecule has 1 spiro atoms. The number of rotatable bonds is 2. The molecule has 1 unspecified atom stereocenters. The van der Waals surface area contributed by atoms with Gasteiger partial charge >= 0.3 is 0 Å². The Balaban J connectivity index is 1.32. The van der Waals surface area contributed by atoms with Crippen LogP contribution in [-0.2, 0) is 9.53 Å². The number of amides is 2. The molecule has 9 heteroatoms. The number of carbonyl (C=O) groups is 2. The lowest BCUT2D eigenvalue weighted by Crippen LogP contribution is -2.51. The standard InChI is InChI=1S/C24H20F3N3O3/c25-16-10-15(11-17(26)12-16)19-4-5-20-30(19)23(32)24(33-20)6-8-29(9-7-24)22(31)18-3-1-2-14(13-28)21(18)27/h1-3,10-12,19-20H,4-9H2/t19-,20?/m0/s1. The highest BCUT2D eigenvalue weighted by molar-refractivity contribution is 5.95. The van der Waals surface area contributed by atoms with E-state index < -0.39 is 41.2 Å². The van der Waals surface area contributed by atoms with Crippen molar-refractivity contribution in [3.8, 4) is 6.07 Å². The fourth-order valence-corrected chi connectivity index (χ4v) is 5.16. The van der Waals surface area contributed by atoms with E-state index in [9.17, 15) is 22.8 Å². The van der Waals surface area contributed by atoms with Crippen LogP contribution in [0.5, 0.6) is 0 Å². The molecule has 0 N–H and O–H groups in total. The van der Waals surface area contributed by atoms with Gasteiger partial charge < -0.3 is 14.5 Å². The van der Waals surface area contributed by atoms with Crippen molar-refractivity contribution < 1.29 is 27.5 Å². The fraction of sp³-hybridized carbons (Fsp3) is 0.375. The molecule has 2 amide bonds. The van der Waals surface area contributed by atoms with E-state index in [0.717, 1.165) is 6.07 Å². The van der Waals surface area contributed by atoms with Gasteiger partial charge in [-0.2, -0.15) is 5.26 Å². The van der Waals surface area contributed by atoms with Gasteiger partial charge in [0.2, 0.25) is 0 Å². The first-order valence-electron chi connectivity index (χ1n) is 10.8. The van der Waals surface area contributed by atoms with Crippen LogP contribution < -0.4 is 0 Å². The van der Waals surface area contributed by atoms with E-state index in [0.29, 0.717) is 18.4 Å². The van der Waals surface area contributed by atoms with E-state index >= 15 is 0 Å². The predicted octanol–water partition coefficient (Wildman–Crippen LogP) is 3.67. The molecule has 0 saturated carbocycles. The molecule has 0 aliphatic carbocycles. The molecule has 0 aromatic heterocycles. The number of hydrogen-bond acceptors (Lipinski definition) is 4. The van der Waals surface area contributed by atoms with Crippen LogP contribution in [0.15, 0.2) is 36.4 Å². The minimum absolute atomic E-state index is 0.181. The topological polar surface area (TPSA) is 73.6 Å². The van der Waals surface area contributed by atoms with Crippen molar-refractivity contribution in [2.24, 2.45) is 0 Å². The average Bonchev–Trinajstić information content (AvgIpc) is 3.31. The van der Waals surface area contributed by atoms with Gasteiger partial charge in [0.15, 0.2) is 11.4 Å². The van der Waals surface area contributed by atoms with Crippen molar-refractivity contribution in [3.63, 3.8) is 0 Å². The van der Waals surface area contributed by atoms with E-state index in [2.05, 4.69) is 0 Å². The maximum Gasteiger partial charge on any atom is 0.257 e. The third-order valence-corrected chi connectivity index (χ3v) is 6.80. The Morgan fingerprint density at radius 2 is 1.79 bits per heavy atom. The number of nitriles is 1. The Morgan fingerprint density at radius 3 is 2.45 bits per heavy atom. The van der Waals surface area contributed by atoms with Crippen LogP contribution in [0.25, 0.3) is 0 Å². The lowest BCUT2D eigenvalue weighted by molar-refractivity contribution is -0.142. The molecular formula is C24H20F3N3O3. The maximum absolute atomic E-state index is 14.4. The number of hydrogen-bond donors (Lipinski definition) is 0. The molecule has 6 nitrogen and oxygen atoms in total. The van der Waals surface area contributed by atoms with Gasteiger partial charge in [-0.1, -0.05) is 6.07 Å². The summed E-state index contributed by atoms with van der Waals surface area (Å²) in [6.45, 7) is 0.362. The molecule has 3 fully saturated rings. The Kier molecular flexibility index (Phi) is 5.13. The fourth-order valence-electron chi connectivity index (χ4n) is 5.16. The molecule has 3 heterocycles. The molecule has 0 bridgehead atoms. The minimum Gasteiger partial charge on any atom is -0.342 e. The van der Waals surface area contributed by atoms with Gasteiger partial charge in [-0.15, -0.1) is 0 Å². The Bertz CT molecular complexity index is 1170. The van der Waals surface area contributed by atoms with E-state index in [-0.39, 0.29) is 43.0 Å². The maximum atomic E-state index is 14.4. The molecule has 3 saturated heterocycles. The van der Waals surface area contributed by atoms with E-state index in [1.807, 2.05) is 0 Å². The van der Waals surface area contributed by atoms with Gasteiger partial charge in [0.05, 0.1) is 17.2 Å². The van der Waals surface area contributed by atoms with Gasteiger partial charge in [-0.05, 0) is 42.7 Å². The summed E-state index contributed by atoms with van der Waals surface area (Å²) in [7, 11) is 0. The summed E-state index contributed by atoms with van der Waals surface area (Å²) in [5.74, 6) is -3.04. The van der Waals surface area contributed by atoms with E-state index in [1.54, 1.807) is 11.0 Å². The Hall–Kier alpha value is -3.38. The van der Waals surface area contributed by atoms with E-state index in [1.165, 1.54) is 35.2 Å². The highest BCUT2D eigenvalue weighted by Crippen LogP contribution is 2.47. The third-order valence-electron chi connectivity index (χ3n) is 6.80. The number of likely N-dealkylation sites (tertiary alicyclic amines) is 1. The molecule has 2 atom stereocenters. The normalized spacial score (nSPS) is 23.6. The lowest BCUT2D eigenvalue weighted by Gasteiger charge is -2.37. The molecular weight excluding hydrogens is 435 g/mol. The second-order valence-electron chi connectivity index (χ2n) is 8.65. The number of carbonyl (C=O) groups excluding carboxylic acids is 2. The lowest BCUT2D eigenvalue weighted by atomic mass is 9.89. The van der Waals surface area contributed by atoms with Gasteiger partial charge in [0, 0.05) is 32.0 Å². The first kappa shape index (κ1) is 21.5. The van der Waals surface area contributed by atoms with Crippen LogP contribution in [0.4, 0.5) is 13.2 Å². The molecule has 0 radical (unpaired) electrons. The third kappa shape index (κ3) is 3.45. The van der Waals surface area contributed by atoms with Crippen LogP contribution in [0.1, 0.15) is 53.2 Å². The summed E-state index contributed by atoms with van der Waals surface area (Å²) in [6.07, 6.45) is 1.06. The number of nitrogens with zero attached hydrogens (tertiary/aromatic N) is 3. The Labute approximate surface area is 188 Å². The zero-order chi connectivity index (χ0) is 23.3. The number of piperidine rings is 1. The second kappa shape index (κ2) is 7.89. The number of benzene rings is 2. The number of ether oxygens (including phenoxy) is 1. The van der Waals surface area contributed by atoms with Crippen LogP contribution >= 0.6 is 0 Å². The number of fused-ring (bicyclic) bond motifs is 1. The summed E-state index contributed by atoms with van der Waals surface area (Å²) >= 11 is 0. The second-order valence-corrected chi connectivity index (χ2v) is 8.65. The van der Waals surface area contributed by atoms with Crippen molar-refractivity contribution in [3.05, 3.63) is 70.5 Å². The van der Waals surface area contributed by atoms with Gasteiger partial charge in [0.1, 0.15) is 23.9 Å². The quantitative estimate of drug-likeness (QED) is 0.693. The van der Waals surface area contributed by atoms with E-state index in [4.69, 9.17) is 10.00 Å². The van der Waals surface area contributed by atoms with Gasteiger partial charge in [0.25, 0.3) is 11.8 Å². The molecule has 2 aromatic rings. The predicted molar refractivity (Wildman–Crippen MR) is 109 cm³/mol. The summed E-state index contributed by atoms with van der Waals surface area (Å²) in [4.78, 5) is 29.3. The molecule has 5 rings (SSSR count). The monoisotopic (exact) mass is 455 g/mol. The number of halogens is 3. The molecule has 3 aliphatic heterocycles. The average molecular weight is 455 g/mol. The Morgan fingerprint density at radius 1 is 1.09 bits per heavy atom. The van der Waals surface area contributed by atoms with Crippen molar-refractivity contribution >= 4 is 11.8 Å². The van der Waals surface area contributed by atoms with Crippen molar-refractivity contribution in [2.45, 2.75) is 43.6 Å². The summed E-state index contributed by atoms with van der Waals surface area (Å²) in [5, 5.41) is 9.00. The van der Waals surface area contributed by atoms with Crippen molar-refractivity contribution in [1.82, 2.24) is 9.80 Å². The summed E-state index contributed by atoms with van der Waals surface area (Å²) in [5.41, 5.74) is -1.11. The van der Waals surface area contributed by atoms with Crippen LogP contribution in [0.2, 0.25) is 0 Å². The first-order valence-corrected chi connectivity index (χ1v) is 10.8. The van der Waals surface area contributed by atoms with Crippen LogP contribution in [0, 0.1) is 28.8 Å². The van der Waals surface area contributed by atoms with Crippen LogP contribution in [-0.4, -0.2) is 46.5 Å². The first-order chi connectivity index (χ1) is 15.8. The highest BCUT2D eigenvalue weighted by Gasteiger charge is 2.58. The van der Waals surface area contributed by atoms with Crippen molar-refractivity contribution in [1.29, 1.82) is 5.26 Å². The minimum atomic E-state index is -1.11. The van der Waals surface area contributed by atoms with Crippen LogP contribution in [0.3, 0.4) is 0 Å². The zero-order valence-electron chi connectivity index (χ0n) is 17.6. The zero-order valence-corrected chi connectivity index (χ0v) is 17.6. The smallest absolute Gasteiger partial charge is 0.257 e. The van der Waals surface area contributed by atoms with Gasteiger partial charge in [-0.3, -0.25) is 9.59 Å². The highest BCUT2D eigenvalue weighted by atomic mass is 19.1. The molecule has 3 aliphatic rings. The van der Waals surface area contributed by atoms with Gasteiger partial charge in [-0.25, -0.2) is 13.2 Å². The van der Waals surface area contributed by atoms with Crippen molar-refractivity contribution in [2.75, 3.05) is 13.1 Å². The molecule has 170 valence electrons. The molecule has 2 aromatic carbocycles. The summed E-state index contributed by atoms with van der Waals surface area (Å²) < 4.78 is 48.1. The SMILES string of the molecule is N#Cc1cccc(C(=O)N2CCC3(CC2)OC2CC[C@@H](c4cc(F)cc(F)c4)N2C3=O)c1F. The largest absolute Gasteiger partial charge is 0.342 e.